The minimum atomic E-state index is -1.00. The molecule has 1 heterocycles. The summed E-state index contributed by atoms with van der Waals surface area (Å²) in [6.45, 7) is 0. The monoisotopic (exact) mass is 515 g/mol. The number of allylic oxidation sites excluding steroid dienone is 2. The highest BCUT2D eigenvalue weighted by molar-refractivity contribution is 6.02. The molecule has 0 amide bonds. The molecule has 0 saturated heterocycles. The molecule has 3 aromatic carbocycles. The van der Waals surface area contributed by atoms with Gasteiger partial charge in [0.1, 0.15) is 11.5 Å². The third-order valence-corrected chi connectivity index (χ3v) is 7.31. The molecule has 2 aliphatic rings. The van der Waals surface area contributed by atoms with Crippen molar-refractivity contribution in [2.45, 2.75) is 24.7 Å². The number of ether oxygens (including phenoxy) is 4. The van der Waals surface area contributed by atoms with Crippen molar-refractivity contribution in [2.75, 3.05) is 33.8 Å². The number of fused-ring (bicyclic) bond motifs is 1. The lowest BCUT2D eigenvalue weighted by molar-refractivity contribution is -0.116. The standard InChI is InChI=1S/C30H29NO7/c1-35-20-14-22-29(26(15-20)38-4)27(16-5-7-17(8-6-16)30(33)34)28-21(31-22)11-19(12-23(28)32)18-9-10-24(36-2)25(13-18)37-3/h5-10,13-15,19,27,31H,11-12H2,1-4H3,(H,33,34)/t19-,27-/m1/s1. The van der Waals surface area contributed by atoms with Crippen LogP contribution in [-0.4, -0.2) is 45.3 Å². The third-order valence-electron chi connectivity index (χ3n) is 7.31. The first-order chi connectivity index (χ1) is 18.4. The fraction of sp³-hybridized carbons (Fsp3) is 0.267. The Morgan fingerprint density at radius 3 is 2.13 bits per heavy atom. The zero-order valence-corrected chi connectivity index (χ0v) is 21.7. The number of methoxy groups -OCH3 is 4. The Labute approximate surface area is 220 Å². The Morgan fingerprint density at radius 2 is 1.50 bits per heavy atom. The van der Waals surface area contributed by atoms with E-state index in [1.807, 2.05) is 24.3 Å². The van der Waals surface area contributed by atoms with E-state index in [1.165, 1.54) is 0 Å². The van der Waals surface area contributed by atoms with E-state index in [4.69, 9.17) is 18.9 Å². The number of hydrogen-bond acceptors (Lipinski definition) is 7. The van der Waals surface area contributed by atoms with Gasteiger partial charge in [0.25, 0.3) is 0 Å². The molecule has 3 aromatic rings. The number of carboxylic acids is 1. The lowest BCUT2D eigenvalue weighted by atomic mass is 9.71. The number of benzene rings is 3. The van der Waals surface area contributed by atoms with E-state index in [9.17, 15) is 14.7 Å². The Morgan fingerprint density at radius 1 is 0.816 bits per heavy atom. The zero-order chi connectivity index (χ0) is 27.0. The molecule has 0 spiro atoms. The van der Waals surface area contributed by atoms with Gasteiger partial charge in [-0.2, -0.15) is 0 Å². The van der Waals surface area contributed by atoms with E-state index in [-0.39, 0.29) is 17.3 Å². The number of carbonyl (C=O) groups is 2. The zero-order valence-electron chi connectivity index (χ0n) is 21.7. The van der Waals surface area contributed by atoms with E-state index in [2.05, 4.69) is 5.32 Å². The molecule has 1 aliphatic carbocycles. The Balaban J connectivity index is 1.63. The van der Waals surface area contributed by atoms with Crippen LogP contribution in [0, 0.1) is 0 Å². The summed E-state index contributed by atoms with van der Waals surface area (Å²) in [5, 5.41) is 12.9. The molecule has 2 atom stereocenters. The molecule has 0 bridgehead atoms. The topological polar surface area (TPSA) is 103 Å². The quantitative estimate of drug-likeness (QED) is 0.433. The smallest absolute Gasteiger partial charge is 0.335 e. The van der Waals surface area contributed by atoms with Crippen molar-refractivity contribution in [3.63, 3.8) is 0 Å². The van der Waals surface area contributed by atoms with E-state index in [0.717, 1.165) is 28.1 Å². The molecular weight excluding hydrogens is 486 g/mol. The molecule has 196 valence electrons. The third kappa shape index (κ3) is 4.32. The normalized spacial score (nSPS) is 18.2. The number of rotatable bonds is 7. The summed E-state index contributed by atoms with van der Waals surface area (Å²) in [4.78, 5) is 25.3. The Kier molecular flexibility index (Phi) is 6.72. The lowest BCUT2D eigenvalue weighted by Crippen LogP contribution is -2.30. The molecular formula is C30H29NO7. The second-order valence-corrected chi connectivity index (χ2v) is 9.31. The van der Waals surface area contributed by atoms with E-state index in [0.29, 0.717) is 41.4 Å². The fourth-order valence-corrected chi connectivity index (χ4v) is 5.47. The molecule has 1 aliphatic heterocycles. The number of anilines is 1. The van der Waals surface area contributed by atoms with Gasteiger partial charge in [-0.25, -0.2) is 4.79 Å². The fourth-order valence-electron chi connectivity index (χ4n) is 5.47. The highest BCUT2D eigenvalue weighted by atomic mass is 16.5. The van der Waals surface area contributed by atoms with Gasteiger partial charge in [-0.1, -0.05) is 18.2 Å². The predicted molar refractivity (Wildman–Crippen MR) is 142 cm³/mol. The molecule has 0 aromatic heterocycles. The molecule has 8 heteroatoms. The summed E-state index contributed by atoms with van der Waals surface area (Å²) in [6.07, 6.45) is 0.937. The largest absolute Gasteiger partial charge is 0.497 e. The SMILES string of the molecule is COc1cc2c(c(OC)c1)[C@H](c1ccc(C(=O)O)cc1)C1=C(C[C@@H](c3ccc(OC)c(OC)c3)CC1=O)N2. The predicted octanol–water partition coefficient (Wildman–Crippen LogP) is 5.38. The van der Waals surface area contributed by atoms with Crippen LogP contribution in [0.15, 0.2) is 65.9 Å². The van der Waals surface area contributed by atoms with Crippen molar-refractivity contribution in [3.8, 4) is 23.0 Å². The number of ketones is 1. The van der Waals surface area contributed by atoms with Crippen LogP contribution >= 0.6 is 0 Å². The first-order valence-electron chi connectivity index (χ1n) is 12.2. The van der Waals surface area contributed by atoms with Crippen molar-refractivity contribution in [1.82, 2.24) is 0 Å². The number of aromatic carboxylic acids is 1. The van der Waals surface area contributed by atoms with Crippen LogP contribution < -0.4 is 24.3 Å². The molecule has 0 radical (unpaired) electrons. The molecule has 5 rings (SSSR count). The van der Waals surface area contributed by atoms with E-state index < -0.39 is 11.9 Å². The van der Waals surface area contributed by atoms with Crippen molar-refractivity contribution in [2.24, 2.45) is 0 Å². The molecule has 0 fully saturated rings. The summed E-state index contributed by atoms with van der Waals surface area (Å²) in [5.74, 6) is 0.986. The van der Waals surface area contributed by atoms with Crippen LogP contribution in [0.5, 0.6) is 23.0 Å². The van der Waals surface area contributed by atoms with Crippen molar-refractivity contribution in [3.05, 3.63) is 88.1 Å². The summed E-state index contributed by atoms with van der Waals surface area (Å²) < 4.78 is 22.1. The van der Waals surface area contributed by atoms with Crippen LogP contribution in [0.1, 0.15) is 51.7 Å². The van der Waals surface area contributed by atoms with Crippen LogP contribution in [0.25, 0.3) is 0 Å². The molecule has 38 heavy (non-hydrogen) atoms. The van der Waals surface area contributed by atoms with Gasteiger partial charge in [0.2, 0.25) is 0 Å². The average molecular weight is 516 g/mol. The van der Waals surface area contributed by atoms with E-state index >= 15 is 0 Å². The van der Waals surface area contributed by atoms with Gasteiger partial charge < -0.3 is 29.4 Å². The number of carbonyl (C=O) groups excluding carboxylic acids is 1. The maximum absolute atomic E-state index is 13.9. The summed E-state index contributed by atoms with van der Waals surface area (Å²) >= 11 is 0. The van der Waals surface area contributed by atoms with Crippen molar-refractivity contribution in [1.29, 1.82) is 0 Å². The molecule has 8 nitrogen and oxygen atoms in total. The lowest BCUT2D eigenvalue weighted by Gasteiger charge is -2.37. The first-order valence-corrected chi connectivity index (χ1v) is 12.2. The first kappa shape index (κ1) is 25.2. The van der Waals surface area contributed by atoms with Gasteiger partial charge in [0.15, 0.2) is 17.3 Å². The van der Waals surface area contributed by atoms with Gasteiger partial charge in [-0.15, -0.1) is 0 Å². The van der Waals surface area contributed by atoms with Gasteiger partial charge in [-0.05, 0) is 47.7 Å². The van der Waals surface area contributed by atoms with E-state index in [1.54, 1.807) is 58.8 Å². The van der Waals surface area contributed by atoms with Gasteiger partial charge in [0, 0.05) is 47.0 Å². The highest BCUT2D eigenvalue weighted by Gasteiger charge is 2.40. The molecule has 0 unspecified atom stereocenters. The van der Waals surface area contributed by atoms with Crippen LogP contribution in [-0.2, 0) is 4.79 Å². The number of carboxylic acid groups (broad SMARTS) is 1. The van der Waals surface area contributed by atoms with Crippen molar-refractivity contribution < 1.29 is 33.6 Å². The maximum atomic E-state index is 13.9. The maximum Gasteiger partial charge on any atom is 0.335 e. The summed E-state index contributed by atoms with van der Waals surface area (Å²) in [6, 6.07) is 16.1. The summed E-state index contributed by atoms with van der Waals surface area (Å²) in [5.41, 5.74) is 5.08. The number of nitrogens with one attached hydrogen (secondary N) is 1. The number of Topliss-reactive ketones (excluding diaryl/α,β-unsaturated/α-hetero) is 1. The van der Waals surface area contributed by atoms with Gasteiger partial charge >= 0.3 is 5.97 Å². The minimum absolute atomic E-state index is 0.0226. The highest BCUT2D eigenvalue weighted by Crippen LogP contribution is 2.52. The second-order valence-electron chi connectivity index (χ2n) is 9.31. The average Bonchev–Trinajstić information content (AvgIpc) is 2.94. The van der Waals surface area contributed by atoms with Crippen LogP contribution in [0.2, 0.25) is 0 Å². The molecule has 2 N–H and O–H groups in total. The number of hydrogen-bond donors (Lipinski definition) is 2. The summed E-state index contributed by atoms with van der Waals surface area (Å²) in [7, 11) is 6.36. The van der Waals surface area contributed by atoms with Gasteiger partial charge in [0.05, 0.1) is 34.0 Å². The Bertz CT molecular complexity index is 1440. The minimum Gasteiger partial charge on any atom is -0.497 e. The molecule has 0 saturated carbocycles. The second kappa shape index (κ2) is 10.1. The van der Waals surface area contributed by atoms with Crippen molar-refractivity contribution >= 4 is 17.4 Å². The van der Waals surface area contributed by atoms with Gasteiger partial charge in [-0.3, -0.25) is 4.79 Å². The Hall–Kier alpha value is -4.46. The van der Waals surface area contributed by atoms with Crippen LogP contribution in [0.3, 0.4) is 0 Å². The van der Waals surface area contributed by atoms with Crippen LogP contribution in [0.4, 0.5) is 5.69 Å².